The van der Waals surface area contributed by atoms with Gasteiger partial charge in [-0.05, 0) is 35.7 Å². The standard InChI is InChI=1S/C18H15N3/c19-11-12-5-7-13(8-6-12)17-18-15(9-10-20-17)14-3-1-2-4-16(14)21-18/h1-8,17,20-21H,9-10H2. The number of nitrogens with one attached hydrogen (secondary N) is 2. The maximum atomic E-state index is 8.92. The van der Waals surface area contributed by atoms with Crippen LogP contribution in [0, 0.1) is 11.3 Å². The predicted octanol–water partition coefficient (Wildman–Crippen LogP) is 3.27. The summed E-state index contributed by atoms with van der Waals surface area (Å²) in [6, 6.07) is 18.7. The highest BCUT2D eigenvalue weighted by atomic mass is 15.0. The maximum absolute atomic E-state index is 8.92. The van der Waals surface area contributed by atoms with Gasteiger partial charge in [0.1, 0.15) is 0 Å². The van der Waals surface area contributed by atoms with Crippen molar-refractivity contribution in [2.45, 2.75) is 12.5 Å². The second-order valence-electron chi connectivity index (χ2n) is 5.43. The van der Waals surface area contributed by atoms with Gasteiger partial charge in [-0.1, -0.05) is 30.3 Å². The number of aromatic nitrogens is 1. The molecule has 2 aromatic carbocycles. The van der Waals surface area contributed by atoms with E-state index in [4.69, 9.17) is 5.26 Å². The van der Waals surface area contributed by atoms with Crippen molar-refractivity contribution < 1.29 is 0 Å². The largest absolute Gasteiger partial charge is 0.357 e. The fourth-order valence-electron chi connectivity index (χ4n) is 3.21. The molecular formula is C18H15N3. The Labute approximate surface area is 123 Å². The molecule has 4 rings (SSSR count). The van der Waals surface area contributed by atoms with Gasteiger partial charge in [-0.15, -0.1) is 0 Å². The first-order valence-corrected chi connectivity index (χ1v) is 7.20. The first-order valence-electron chi connectivity index (χ1n) is 7.20. The molecule has 0 spiro atoms. The molecule has 1 atom stereocenters. The lowest BCUT2D eigenvalue weighted by molar-refractivity contribution is 0.560. The molecule has 3 nitrogen and oxygen atoms in total. The number of nitriles is 1. The van der Waals surface area contributed by atoms with Crippen molar-refractivity contribution in [2.75, 3.05) is 6.54 Å². The maximum Gasteiger partial charge on any atom is 0.0991 e. The molecule has 2 heterocycles. The van der Waals surface area contributed by atoms with Crippen LogP contribution in [0.3, 0.4) is 0 Å². The molecule has 1 unspecified atom stereocenters. The number of hydrogen-bond acceptors (Lipinski definition) is 2. The molecule has 0 bridgehead atoms. The zero-order valence-corrected chi connectivity index (χ0v) is 11.6. The second-order valence-corrected chi connectivity index (χ2v) is 5.43. The molecule has 1 aromatic heterocycles. The smallest absolute Gasteiger partial charge is 0.0991 e. The first kappa shape index (κ1) is 12.2. The molecule has 0 saturated heterocycles. The highest BCUT2D eigenvalue weighted by molar-refractivity contribution is 5.85. The Kier molecular flexibility index (Phi) is 2.77. The van der Waals surface area contributed by atoms with Crippen LogP contribution in [0.2, 0.25) is 0 Å². The van der Waals surface area contributed by atoms with Gasteiger partial charge in [-0.25, -0.2) is 0 Å². The van der Waals surface area contributed by atoms with Crippen LogP contribution in [0.15, 0.2) is 48.5 Å². The van der Waals surface area contributed by atoms with Crippen molar-refractivity contribution >= 4 is 10.9 Å². The quantitative estimate of drug-likeness (QED) is 0.715. The van der Waals surface area contributed by atoms with E-state index in [1.165, 1.54) is 27.7 Å². The third-order valence-electron chi connectivity index (χ3n) is 4.23. The number of H-pyrrole nitrogens is 1. The molecule has 1 aliphatic rings. The number of fused-ring (bicyclic) bond motifs is 3. The van der Waals surface area contributed by atoms with E-state index in [2.05, 4.69) is 40.6 Å². The summed E-state index contributed by atoms with van der Waals surface area (Å²) >= 11 is 0. The summed E-state index contributed by atoms with van der Waals surface area (Å²) in [5, 5.41) is 13.8. The minimum Gasteiger partial charge on any atom is -0.357 e. The van der Waals surface area contributed by atoms with E-state index < -0.39 is 0 Å². The highest BCUT2D eigenvalue weighted by Gasteiger charge is 2.24. The highest BCUT2D eigenvalue weighted by Crippen LogP contribution is 2.33. The summed E-state index contributed by atoms with van der Waals surface area (Å²) in [4.78, 5) is 3.57. The molecule has 21 heavy (non-hydrogen) atoms. The van der Waals surface area contributed by atoms with E-state index in [1.54, 1.807) is 0 Å². The van der Waals surface area contributed by atoms with Gasteiger partial charge in [0.25, 0.3) is 0 Å². The summed E-state index contributed by atoms with van der Waals surface area (Å²) in [6.07, 6.45) is 1.05. The minimum atomic E-state index is 0.175. The number of rotatable bonds is 1. The van der Waals surface area contributed by atoms with Gasteiger partial charge in [0.05, 0.1) is 17.7 Å². The Morgan fingerprint density at radius 3 is 2.67 bits per heavy atom. The Morgan fingerprint density at radius 1 is 1.05 bits per heavy atom. The van der Waals surface area contributed by atoms with Gasteiger partial charge in [-0.3, -0.25) is 0 Å². The third-order valence-corrected chi connectivity index (χ3v) is 4.23. The molecule has 3 heteroatoms. The topological polar surface area (TPSA) is 51.6 Å². The summed E-state index contributed by atoms with van der Waals surface area (Å²) in [6.45, 7) is 0.972. The molecule has 102 valence electrons. The summed E-state index contributed by atoms with van der Waals surface area (Å²) in [7, 11) is 0. The Bertz CT molecular complexity index is 837. The van der Waals surface area contributed by atoms with Crippen molar-refractivity contribution in [3.63, 3.8) is 0 Å². The lowest BCUT2D eigenvalue weighted by Gasteiger charge is -2.24. The Balaban J connectivity index is 1.84. The average Bonchev–Trinajstić information content (AvgIpc) is 2.94. The fraction of sp³-hybridized carbons (Fsp3) is 0.167. The fourth-order valence-corrected chi connectivity index (χ4v) is 3.21. The van der Waals surface area contributed by atoms with Crippen molar-refractivity contribution in [2.24, 2.45) is 0 Å². The monoisotopic (exact) mass is 273 g/mol. The van der Waals surface area contributed by atoms with Crippen LogP contribution in [0.4, 0.5) is 0 Å². The van der Waals surface area contributed by atoms with Crippen LogP contribution < -0.4 is 5.32 Å². The first-order chi connectivity index (χ1) is 10.4. The molecular weight excluding hydrogens is 258 g/mol. The van der Waals surface area contributed by atoms with Gasteiger partial charge in [0, 0.05) is 23.1 Å². The van der Waals surface area contributed by atoms with E-state index in [0.717, 1.165) is 13.0 Å². The van der Waals surface area contributed by atoms with Gasteiger partial charge in [-0.2, -0.15) is 5.26 Å². The van der Waals surface area contributed by atoms with Crippen LogP contribution in [0.1, 0.15) is 28.4 Å². The van der Waals surface area contributed by atoms with E-state index in [-0.39, 0.29) is 6.04 Å². The normalized spacial score (nSPS) is 17.4. The molecule has 2 N–H and O–H groups in total. The van der Waals surface area contributed by atoms with Gasteiger partial charge < -0.3 is 10.3 Å². The summed E-state index contributed by atoms with van der Waals surface area (Å²) in [5.41, 5.74) is 5.77. The van der Waals surface area contributed by atoms with Crippen LogP contribution in [-0.2, 0) is 6.42 Å². The summed E-state index contributed by atoms with van der Waals surface area (Å²) < 4.78 is 0. The number of hydrogen-bond donors (Lipinski definition) is 2. The van der Waals surface area contributed by atoms with E-state index in [1.807, 2.05) is 24.3 Å². The number of benzene rings is 2. The Morgan fingerprint density at radius 2 is 1.86 bits per heavy atom. The van der Waals surface area contributed by atoms with Gasteiger partial charge >= 0.3 is 0 Å². The van der Waals surface area contributed by atoms with Crippen molar-refractivity contribution in [1.29, 1.82) is 5.26 Å². The van der Waals surface area contributed by atoms with E-state index >= 15 is 0 Å². The van der Waals surface area contributed by atoms with Crippen LogP contribution in [0.25, 0.3) is 10.9 Å². The van der Waals surface area contributed by atoms with Crippen molar-refractivity contribution in [3.05, 3.63) is 70.9 Å². The molecule has 0 fully saturated rings. The molecule has 0 saturated carbocycles. The molecule has 0 radical (unpaired) electrons. The van der Waals surface area contributed by atoms with Crippen molar-refractivity contribution in [1.82, 2.24) is 10.3 Å². The van der Waals surface area contributed by atoms with Gasteiger partial charge in [0.2, 0.25) is 0 Å². The summed E-state index contributed by atoms with van der Waals surface area (Å²) in [5.74, 6) is 0. The van der Waals surface area contributed by atoms with Crippen molar-refractivity contribution in [3.8, 4) is 6.07 Å². The number of nitrogens with zero attached hydrogens (tertiary/aromatic N) is 1. The number of para-hydroxylation sites is 1. The lowest BCUT2D eigenvalue weighted by Crippen LogP contribution is -2.30. The average molecular weight is 273 g/mol. The molecule has 3 aromatic rings. The molecule has 1 aliphatic heterocycles. The third kappa shape index (κ3) is 1.93. The van der Waals surface area contributed by atoms with E-state index in [9.17, 15) is 0 Å². The Hall–Kier alpha value is -2.57. The number of aromatic amines is 1. The second kappa shape index (κ2) is 4.76. The molecule has 0 amide bonds. The zero-order valence-electron chi connectivity index (χ0n) is 11.6. The van der Waals surface area contributed by atoms with Crippen LogP contribution >= 0.6 is 0 Å². The molecule has 0 aliphatic carbocycles. The minimum absolute atomic E-state index is 0.175. The van der Waals surface area contributed by atoms with Crippen LogP contribution in [-0.4, -0.2) is 11.5 Å². The van der Waals surface area contributed by atoms with Crippen LogP contribution in [0.5, 0.6) is 0 Å². The zero-order chi connectivity index (χ0) is 14.2. The lowest BCUT2D eigenvalue weighted by atomic mass is 9.94. The predicted molar refractivity (Wildman–Crippen MR) is 83.0 cm³/mol. The van der Waals surface area contributed by atoms with E-state index in [0.29, 0.717) is 5.56 Å². The van der Waals surface area contributed by atoms with Gasteiger partial charge in [0.15, 0.2) is 0 Å². The SMILES string of the molecule is N#Cc1ccc(C2NCCc3c2[nH]c2ccccc32)cc1.